The number of nitrogen functional groups attached to an aromatic ring is 1. The van der Waals surface area contributed by atoms with Gasteiger partial charge in [-0.1, -0.05) is 12.1 Å². The van der Waals surface area contributed by atoms with Gasteiger partial charge in [-0.15, -0.1) is 0 Å². The molecule has 2 aliphatic heterocycles. The summed E-state index contributed by atoms with van der Waals surface area (Å²) < 4.78 is 22.1. The maximum atomic E-state index is 13.1. The first kappa shape index (κ1) is 28.2. The van der Waals surface area contributed by atoms with Crippen LogP contribution in [-0.2, 0) is 30.2 Å². The van der Waals surface area contributed by atoms with Crippen LogP contribution in [0.1, 0.15) is 45.5 Å². The quantitative estimate of drug-likeness (QED) is 0.196. The van der Waals surface area contributed by atoms with Crippen LogP contribution >= 0.6 is 0 Å². The van der Waals surface area contributed by atoms with E-state index in [0.29, 0.717) is 70.3 Å². The van der Waals surface area contributed by atoms with Crippen molar-refractivity contribution in [3.63, 3.8) is 0 Å². The van der Waals surface area contributed by atoms with Crippen molar-refractivity contribution in [1.29, 1.82) is 0 Å². The van der Waals surface area contributed by atoms with Gasteiger partial charge >= 0.3 is 0 Å². The van der Waals surface area contributed by atoms with E-state index >= 15 is 0 Å². The molecule has 0 saturated carbocycles. The third kappa shape index (κ3) is 7.41. The maximum absolute atomic E-state index is 13.1. The van der Waals surface area contributed by atoms with E-state index in [-0.39, 0.29) is 18.4 Å². The summed E-state index contributed by atoms with van der Waals surface area (Å²) in [6, 6.07) is 11.3. The van der Waals surface area contributed by atoms with Crippen LogP contribution in [0.4, 0.5) is 5.69 Å². The number of nitrogens with two attached hydrogens (primary N) is 1. The molecule has 39 heavy (non-hydrogen) atoms. The number of hydrogen-bond acceptors (Lipinski definition) is 9. The van der Waals surface area contributed by atoms with Crippen LogP contribution in [0.3, 0.4) is 0 Å². The van der Waals surface area contributed by atoms with E-state index in [4.69, 9.17) is 24.7 Å². The van der Waals surface area contributed by atoms with Crippen LogP contribution in [0.25, 0.3) is 0 Å². The fourth-order valence-electron chi connectivity index (χ4n) is 4.48. The van der Waals surface area contributed by atoms with Gasteiger partial charge in [0.2, 0.25) is 11.8 Å². The number of ether oxygens (including phenoxy) is 4. The fourth-order valence-corrected chi connectivity index (χ4v) is 4.48. The first-order chi connectivity index (χ1) is 19.0. The molecule has 208 valence electrons. The molecule has 0 aliphatic carbocycles. The predicted octanol–water partition coefficient (Wildman–Crippen LogP) is 1.73. The Morgan fingerprint density at radius 1 is 0.821 bits per heavy atom. The largest absolute Gasteiger partial charge is 0.491 e. The highest BCUT2D eigenvalue weighted by atomic mass is 16.6. The summed E-state index contributed by atoms with van der Waals surface area (Å²) in [7, 11) is 0. The molecule has 4 amide bonds. The van der Waals surface area contributed by atoms with Gasteiger partial charge in [0.15, 0.2) is 0 Å². The molecule has 1 atom stereocenters. The molecule has 1 unspecified atom stereocenters. The highest BCUT2D eigenvalue weighted by Crippen LogP contribution is 2.30. The molecular weight excluding hydrogens is 506 g/mol. The Morgan fingerprint density at radius 3 is 2.18 bits per heavy atom. The Hall–Kier alpha value is -3.80. The topological polar surface area (TPSA) is 146 Å². The van der Waals surface area contributed by atoms with Crippen molar-refractivity contribution >= 4 is 29.3 Å². The molecule has 2 aromatic rings. The molecular formula is C28H33N3O8. The summed E-state index contributed by atoms with van der Waals surface area (Å²) in [5.41, 5.74) is 7.67. The molecule has 2 aromatic carbocycles. The number of anilines is 1. The first-order valence-electron chi connectivity index (χ1n) is 13.0. The zero-order valence-corrected chi connectivity index (χ0v) is 21.7. The van der Waals surface area contributed by atoms with Gasteiger partial charge in [0.1, 0.15) is 18.4 Å². The number of rotatable bonds is 15. The van der Waals surface area contributed by atoms with Gasteiger partial charge in [-0.25, -0.2) is 0 Å². The minimum atomic E-state index is -0.973. The first-order valence-corrected chi connectivity index (χ1v) is 13.0. The Bertz CT molecular complexity index is 1180. The zero-order chi connectivity index (χ0) is 27.6. The summed E-state index contributed by atoms with van der Waals surface area (Å²) in [6.07, 6.45) is 1.41. The van der Waals surface area contributed by atoms with E-state index < -0.39 is 29.7 Å². The van der Waals surface area contributed by atoms with E-state index in [1.54, 1.807) is 24.3 Å². The second kappa shape index (κ2) is 13.8. The lowest BCUT2D eigenvalue weighted by atomic mass is 9.99. The Kier molecular flexibility index (Phi) is 10.0. The molecule has 1 saturated heterocycles. The minimum absolute atomic E-state index is 0.0883. The van der Waals surface area contributed by atoms with Gasteiger partial charge in [-0.05, 0) is 55.2 Å². The average molecular weight is 540 g/mol. The van der Waals surface area contributed by atoms with Crippen molar-refractivity contribution in [2.75, 3.05) is 52.0 Å². The van der Waals surface area contributed by atoms with E-state index in [0.717, 1.165) is 16.2 Å². The van der Waals surface area contributed by atoms with E-state index in [2.05, 4.69) is 5.32 Å². The van der Waals surface area contributed by atoms with Crippen LogP contribution in [0.15, 0.2) is 42.5 Å². The number of nitrogens with one attached hydrogen (secondary N) is 1. The molecule has 3 N–H and O–H groups in total. The van der Waals surface area contributed by atoms with Gasteiger partial charge in [0, 0.05) is 18.7 Å². The molecule has 4 rings (SSSR count). The van der Waals surface area contributed by atoms with Gasteiger partial charge < -0.3 is 24.7 Å². The summed E-state index contributed by atoms with van der Waals surface area (Å²) in [5, 5.41) is 2.21. The number of piperidine rings is 1. The Labute approximate surface area is 226 Å². The smallest absolute Gasteiger partial charge is 0.262 e. The van der Waals surface area contributed by atoms with Crippen molar-refractivity contribution < 1.29 is 38.1 Å². The van der Waals surface area contributed by atoms with E-state index in [9.17, 15) is 19.2 Å². The molecule has 0 aromatic heterocycles. The number of benzene rings is 2. The lowest BCUT2D eigenvalue weighted by molar-refractivity contribution is -0.136. The fraction of sp³-hybridized carbons (Fsp3) is 0.429. The summed E-state index contributed by atoms with van der Waals surface area (Å²) in [4.78, 5) is 50.7. The number of aryl methyl sites for hydroxylation is 1. The number of nitrogens with zero attached hydrogens (tertiary/aromatic N) is 1. The third-order valence-corrected chi connectivity index (χ3v) is 6.41. The van der Waals surface area contributed by atoms with E-state index in [1.165, 1.54) is 0 Å². The van der Waals surface area contributed by atoms with Gasteiger partial charge in [0.25, 0.3) is 11.8 Å². The number of carbonyl (C=O) groups is 4. The Morgan fingerprint density at radius 2 is 1.49 bits per heavy atom. The molecule has 0 spiro atoms. The number of amides is 4. The van der Waals surface area contributed by atoms with Crippen LogP contribution < -0.4 is 15.8 Å². The van der Waals surface area contributed by atoms with Crippen LogP contribution in [0.5, 0.6) is 5.75 Å². The SMILES string of the molecule is Nc1ccc(OCCOCCOCCOCCCc2cccc3c2C(=O)N(C2CCC(=O)NC2=O)C3=O)cc1. The van der Waals surface area contributed by atoms with Gasteiger partial charge in [0.05, 0.1) is 44.2 Å². The maximum Gasteiger partial charge on any atom is 0.262 e. The summed E-state index contributed by atoms with van der Waals surface area (Å²) in [5.74, 6) is -1.27. The number of imide groups is 2. The molecule has 2 heterocycles. The monoisotopic (exact) mass is 539 g/mol. The summed E-state index contributed by atoms with van der Waals surface area (Å²) in [6.45, 7) is 3.10. The zero-order valence-electron chi connectivity index (χ0n) is 21.7. The van der Waals surface area contributed by atoms with Gasteiger partial charge in [-0.2, -0.15) is 0 Å². The molecule has 11 heteroatoms. The highest BCUT2D eigenvalue weighted by Gasteiger charge is 2.45. The molecule has 2 aliphatic rings. The van der Waals surface area contributed by atoms with Crippen LogP contribution in [0.2, 0.25) is 0 Å². The van der Waals surface area contributed by atoms with Crippen molar-refractivity contribution in [3.8, 4) is 5.75 Å². The second-order valence-electron chi connectivity index (χ2n) is 9.15. The normalized spacial score (nSPS) is 16.9. The third-order valence-electron chi connectivity index (χ3n) is 6.41. The number of hydrogen-bond donors (Lipinski definition) is 2. The highest BCUT2D eigenvalue weighted by molar-refractivity contribution is 6.24. The standard InChI is InChI=1S/C28H33N3O8/c29-20-6-8-21(9-7-20)39-18-17-38-16-15-37-14-13-36-12-2-4-19-3-1-5-22-25(19)28(35)31(27(22)34)23-10-11-24(32)30-26(23)33/h1,3,5-9,23H,2,4,10-18,29H2,(H,30,32,33). The van der Waals surface area contributed by atoms with Crippen molar-refractivity contribution in [3.05, 3.63) is 59.2 Å². The molecule has 0 bridgehead atoms. The number of fused-ring (bicyclic) bond motifs is 1. The van der Waals surface area contributed by atoms with Crippen LogP contribution in [0, 0.1) is 0 Å². The average Bonchev–Trinajstić information content (AvgIpc) is 3.18. The molecule has 0 radical (unpaired) electrons. The predicted molar refractivity (Wildman–Crippen MR) is 140 cm³/mol. The van der Waals surface area contributed by atoms with Crippen molar-refractivity contribution in [1.82, 2.24) is 10.2 Å². The van der Waals surface area contributed by atoms with Crippen molar-refractivity contribution in [2.45, 2.75) is 31.7 Å². The lowest BCUT2D eigenvalue weighted by Crippen LogP contribution is -2.54. The van der Waals surface area contributed by atoms with Gasteiger partial charge in [-0.3, -0.25) is 29.4 Å². The minimum Gasteiger partial charge on any atom is -0.491 e. The molecule has 11 nitrogen and oxygen atoms in total. The number of carbonyl (C=O) groups excluding carboxylic acids is 4. The lowest BCUT2D eigenvalue weighted by Gasteiger charge is -2.27. The van der Waals surface area contributed by atoms with E-state index in [1.807, 2.05) is 18.2 Å². The summed E-state index contributed by atoms with van der Waals surface area (Å²) >= 11 is 0. The van der Waals surface area contributed by atoms with Crippen LogP contribution in [-0.4, -0.2) is 80.8 Å². The molecule has 1 fully saturated rings. The van der Waals surface area contributed by atoms with Crippen molar-refractivity contribution in [2.24, 2.45) is 0 Å². The second-order valence-corrected chi connectivity index (χ2v) is 9.15. The Balaban J connectivity index is 1.08.